The van der Waals surface area contributed by atoms with E-state index in [1.807, 2.05) is 0 Å². The lowest BCUT2D eigenvalue weighted by Crippen LogP contribution is -2.47. The van der Waals surface area contributed by atoms with E-state index in [0.717, 1.165) is 0 Å². The predicted molar refractivity (Wildman–Crippen MR) is 66.2 cm³/mol. The summed E-state index contributed by atoms with van der Waals surface area (Å²) in [7, 11) is -1.99. The molecule has 8 heteroatoms. The first-order valence-electron chi connectivity index (χ1n) is 5.53. The summed E-state index contributed by atoms with van der Waals surface area (Å²) in [4.78, 5) is 3.92. The number of nitrogen functional groups attached to an aromatic ring is 1. The van der Waals surface area contributed by atoms with Crippen LogP contribution in [0.1, 0.15) is 12.8 Å². The molecule has 1 aliphatic carbocycles. The fraction of sp³-hybridized carbons (Fsp3) is 0.500. The van der Waals surface area contributed by atoms with E-state index in [2.05, 4.69) is 15.1 Å². The van der Waals surface area contributed by atoms with Gasteiger partial charge in [-0.15, -0.1) is 0 Å². The largest absolute Gasteiger partial charge is 0.381 e. The van der Waals surface area contributed by atoms with Gasteiger partial charge in [0.15, 0.2) is 5.82 Å². The molecule has 0 bridgehead atoms. The predicted octanol–water partition coefficient (Wildman–Crippen LogP) is -0.177. The van der Waals surface area contributed by atoms with Gasteiger partial charge in [0.1, 0.15) is 4.90 Å². The number of hydrogen-bond acceptors (Lipinski definition) is 6. The highest BCUT2D eigenvalue weighted by Crippen LogP contribution is 2.25. The SMILES string of the molecule is COC1CC(NS(=O)(=O)c2cccnc2NN)C1. The lowest BCUT2D eigenvalue weighted by Gasteiger charge is -2.34. The normalized spacial score (nSPS) is 23.4. The fourth-order valence-corrected chi connectivity index (χ4v) is 3.24. The van der Waals surface area contributed by atoms with Gasteiger partial charge in [-0.2, -0.15) is 0 Å². The molecule has 7 nitrogen and oxygen atoms in total. The lowest BCUT2D eigenvalue weighted by atomic mass is 9.90. The Morgan fingerprint density at radius 3 is 2.83 bits per heavy atom. The maximum atomic E-state index is 12.1. The smallest absolute Gasteiger partial charge is 0.244 e. The second-order valence-electron chi connectivity index (χ2n) is 4.14. The Labute approximate surface area is 106 Å². The topological polar surface area (TPSA) is 106 Å². The van der Waals surface area contributed by atoms with Gasteiger partial charge in [-0.1, -0.05) is 0 Å². The molecule has 0 unspecified atom stereocenters. The van der Waals surface area contributed by atoms with Crippen LogP contribution in [0.4, 0.5) is 5.82 Å². The zero-order valence-electron chi connectivity index (χ0n) is 9.96. The molecule has 1 heterocycles. The number of nitrogens with zero attached hydrogens (tertiary/aromatic N) is 1. The number of hydrazine groups is 1. The molecule has 0 spiro atoms. The zero-order valence-corrected chi connectivity index (χ0v) is 10.8. The van der Waals surface area contributed by atoms with Crippen molar-refractivity contribution in [2.24, 2.45) is 5.84 Å². The number of ether oxygens (including phenoxy) is 1. The molecule has 2 rings (SSSR count). The first kappa shape index (κ1) is 13.2. The molecule has 0 aliphatic heterocycles. The van der Waals surface area contributed by atoms with Crippen LogP contribution >= 0.6 is 0 Å². The van der Waals surface area contributed by atoms with Crippen molar-refractivity contribution in [3.63, 3.8) is 0 Å². The number of pyridine rings is 1. The minimum absolute atomic E-state index is 0.0494. The van der Waals surface area contributed by atoms with Crippen LogP contribution in [0.5, 0.6) is 0 Å². The summed E-state index contributed by atoms with van der Waals surface area (Å²) in [5.74, 6) is 5.38. The van der Waals surface area contributed by atoms with Crippen LogP contribution in [0.2, 0.25) is 0 Å². The van der Waals surface area contributed by atoms with Gasteiger partial charge in [0.25, 0.3) is 0 Å². The van der Waals surface area contributed by atoms with Gasteiger partial charge in [-0.3, -0.25) is 0 Å². The van der Waals surface area contributed by atoms with E-state index in [0.29, 0.717) is 12.8 Å². The standard InChI is InChI=1S/C10H16N4O3S/c1-17-8-5-7(6-8)14-18(15,16)9-3-2-4-12-10(9)13-11/h2-4,7-8,14H,5-6,11H2,1H3,(H,12,13). The molecule has 0 atom stereocenters. The molecule has 1 aromatic heterocycles. The minimum Gasteiger partial charge on any atom is -0.381 e. The second-order valence-corrected chi connectivity index (χ2v) is 5.82. The van der Waals surface area contributed by atoms with Gasteiger partial charge >= 0.3 is 0 Å². The summed E-state index contributed by atoms with van der Waals surface area (Å²) in [5, 5.41) is 0. The van der Waals surface area contributed by atoms with Crippen LogP contribution in [-0.2, 0) is 14.8 Å². The third kappa shape index (κ3) is 2.61. The van der Waals surface area contributed by atoms with Crippen molar-refractivity contribution in [2.75, 3.05) is 12.5 Å². The van der Waals surface area contributed by atoms with Crippen molar-refractivity contribution >= 4 is 15.8 Å². The highest BCUT2D eigenvalue weighted by atomic mass is 32.2. The molecule has 0 aromatic carbocycles. The van der Waals surface area contributed by atoms with Crippen LogP contribution in [-0.4, -0.2) is 32.7 Å². The van der Waals surface area contributed by atoms with Gasteiger partial charge in [-0.05, 0) is 25.0 Å². The van der Waals surface area contributed by atoms with Crippen molar-refractivity contribution in [1.82, 2.24) is 9.71 Å². The molecular weight excluding hydrogens is 256 g/mol. The number of anilines is 1. The Hall–Kier alpha value is -1.22. The van der Waals surface area contributed by atoms with Crippen LogP contribution in [0.3, 0.4) is 0 Å². The zero-order chi connectivity index (χ0) is 13.2. The van der Waals surface area contributed by atoms with E-state index in [9.17, 15) is 8.42 Å². The number of sulfonamides is 1. The van der Waals surface area contributed by atoms with Crippen LogP contribution in [0.25, 0.3) is 0 Å². The summed E-state index contributed by atoms with van der Waals surface area (Å²) in [6, 6.07) is 2.91. The van der Waals surface area contributed by atoms with Gasteiger partial charge in [-0.25, -0.2) is 24.0 Å². The maximum Gasteiger partial charge on any atom is 0.244 e. The molecule has 1 saturated carbocycles. The van der Waals surface area contributed by atoms with Gasteiger partial charge in [0.05, 0.1) is 6.10 Å². The van der Waals surface area contributed by atoms with Crippen molar-refractivity contribution in [3.8, 4) is 0 Å². The molecule has 1 fully saturated rings. The first-order chi connectivity index (χ1) is 8.56. The number of hydrogen-bond donors (Lipinski definition) is 3. The summed E-state index contributed by atoms with van der Waals surface area (Å²) in [5.41, 5.74) is 2.28. The average molecular weight is 272 g/mol. The van der Waals surface area contributed by atoms with Crippen molar-refractivity contribution in [3.05, 3.63) is 18.3 Å². The third-order valence-corrected chi connectivity index (χ3v) is 4.50. The van der Waals surface area contributed by atoms with Crippen molar-refractivity contribution in [2.45, 2.75) is 29.9 Å². The monoisotopic (exact) mass is 272 g/mol. The van der Waals surface area contributed by atoms with E-state index in [1.54, 1.807) is 13.2 Å². The lowest BCUT2D eigenvalue weighted by molar-refractivity contribution is 0.0236. The minimum atomic E-state index is -3.61. The highest BCUT2D eigenvalue weighted by Gasteiger charge is 2.33. The summed E-state index contributed by atoms with van der Waals surface area (Å²) >= 11 is 0. The number of rotatable bonds is 5. The Kier molecular flexibility index (Phi) is 3.81. The highest BCUT2D eigenvalue weighted by molar-refractivity contribution is 7.89. The van der Waals surface area contributed by atoms with E-state index in [4.69, 9.17) is 10.6 Å². The van der Waals surface area contributed by atoms with Crippen LogP contribution in [0.15, 0.2) is 23.2 Å². The van der Waals surface area contributed by atoms with Gasteiger partial charge in [0, 0.05) is 19.3 Å². The average Bonchev–Trinajstić information content (AvgIpc) is 2.33. The summed E-state index contributed by atoms with van der Waals surface area (Å²) in [6.07, 6.45) is 2.97. The molecule has 1 aromatic rings. The number of aromatic nitrogens is 1. The van der Waals surface area contributed by atoms with Crippen molar-refractivity contribution in [1.29, 1.82) is 0 Å². The molecule has 4 N–H and O–H groups in total. The third-order valence-electron chi connectivity index (χ3n) is 2.95. The van der Waals surface area contributed by atoms with Gasteiger partial charge in [0.2, 0.25) is 10.0 Å². The Morgan fingerprint density at radius 1 is 1.50 bits per heavy atom. The molecule has 0 amide bonds. The molecule has 0 saturated heterocycles. The molecule has 0 radical (unpaired) electrons. The molecular formula is C10H16N4O3S. The number of nitrogens with one attached hydrogen (secondary N) is 2. The maximum absolute atomic E-state index is 12.1. The van der Waals surface area contributed by atoms with Crippen LogP contribution < -0.4 is 16.0 Å². The summed E-state index contributed by atoms with van der Waals surface area (Å²) < 4.78 is 32.0. The summed E-state index contributed by atoms with van der Waals surface area (Å²) in [6.45, 7) is 0. The molecule has 18 heavy (non-hydrogen) atoms. The van der Waals surface area contributed by atoms with E-state index < -0.39 is 10.0 Å². The molecule has 100 valence electrons. The Bertz CT molecular complexity index is 514. The first-order valence-corrected chi connectivity index (χ1v) is 7.02. The molecule has 1 aliphatic rings. The fourth-order valence-electron chi connectivity index (χ4n) is 1.85. The number of nitrogens with two attached hydrogens (primary N) is 1. The Morgan fingerprint density at radius 2 is 2.22 bits per heavy atom. The quantitative estimate of drug-likeness (QED) is 0.507. The van der Waals surface area contributed by atoms with Gasteiger partial charge < -0.3 is 10.2 Å². The Balaban J connectivity index is 2.11. The second kappa shape index (κ2) is 5.19. The van der Waals surface area contributed by atoms with Crippen molar-refractivity contribution < 1.29 is 13.2 Å². The number of methoxy groups -OCH3 is 1. The van der Waals surface area contributed by atoms with E-state index in [1.165, 1.54) is 12.3 Å². The van der Waals surface area contributed by atoms with E-state index in [-0.39, 0.29) is 22.9 Å². The van der Waals surface area contributed by atoms with E-state index >= 15 is 0 Å². The van der Waals surface area contributed by atoms with Crippen LogP contribution in [0, 0.1) is 0 Å².